The highest BCUT2D eigenvalue weighted by Crippen LogP contribution is 2.30. The van der Waals surface area contributed by atoms with Crippen molar-refractivity contribution in [2.45, 2.75) is 6.92 Å². The first-order valence-corrected chi connectivity index (χ1v) is 5.35. The van der Waals surface area contributed by atoms with Gasteiger partial charge in [0.25, 0.3) is 0 Å². The van der Waals surface area contributed by atoms with Crippen LogP contribution in [0.25, 0.3) is 0 Å². The number of hydrogen-bond donors (Lipinski definition) is 0. The predicted molar refractivity (Wildman–Crippen MR) is 62.3 cm³/mol. The van der Waals surface area contributed by atoms with Gasteiger partial charge in [-0.1, -0.05) is 12.1 Å². The van der Waals surface area contributed by atoms with Crippen molar-refractivity contribution in [3.63, 3.8) is 0 Å². The number of ether oxygens (including phenoxy) is 1. The first kappa shape index (κ1) is 13.0. The standard InChI is InChI=1S/C14H8F3NO/c1-8-3-2-4-12(13(8)17)19-14-10(15)5-9(7-18)6-11(14)16/h2-6H,1H3. The van der Waals surface area contributed by atoms with Crippen LogP contribution in [0.5, 0.6) is 11.5 Å². The number of benzene rings is 2. The molecule has 0 aliphatic carbocycles. The third-order valence-electron chi connectivity index (χ3n) is 2.50. The second-order valence-corrected chi connectivity index (χ2v) is 3.87. The predicted octanol–water partition coefficient (Wildman–Crippen LogP) is 4.08. The zero-order chi connectivity index (χ0) is 14.0. The Morgan fingerprint density at radius 1 is 1.11 bits per heavy atom. The van der Waals surface area contributed by atoms with E-state index in [4.69, 9.17) is 10.00 Å². The number of hydrogen-bond acceptors (Lipinski definition) is 2. The Bertz CT molecular complexity index is 654. The van der Waals surface area contributed by atoms with Gasteiger partial charge in [0.1, 0.15) is 0 Å². The van der Waals surface area contributed by atoms with Gasteiger partial charge in [-0.3, -0.25) is 0 Å². The fourth-order valence-corrected chi connectivity index (χ4v) is 1.53. The van der Waals surface area contributed by atoms with Crippen LogP contribution in [0.2, 0.25) is 0 Å². The molecule has 0 amide bonds. The fourth-order valence-electron chi connectivity index (χ4n) is 1.53. The van der Waals surface area contributed by atoms with Crippen LogP contribution >= 0.6 is 0 Å². The highest BCUT2D eigenvalue weighted by Gasteiger charge is 2.16. The van der Waals surface area contributed by atoms with Crippen LogP contribution in [0.1, 0.15) is 11.1 Å². The number of rotatable bonds is 2. The summed E-state index contributed by atoms with van der Waals surface area (Å²) >= 11 is 0. The van der Waals surface area contributed by atoms with Crippen LogP contribution < -0.4 is 4.74 Å². The van der Waals surface area contributed by atoms with E-state index in [0.717, 1.165) is 12.1 Å². The van der Waals surface area contributed by atoms with E-state index in [9.17, 15) is 13.2 Å². The normalized spacial score (nSPS) is 10.1. The average Bonchev–Trinajstić information content (AvgIpc) is 2.38. The molecule has 0 atom stereocenters. The zero-order valence-corrected chi connectivity index (χ0v) is 9.88. The molecule has 2 aromatic carbocycles. The molecule has 0 spiro atoms. The molecule has 96 valence electrons. The molecule has 0 aromatic heterocycles. The van der Waals surface area contributed by atoms with E-state index in [2.05, 4.69) is 0 Å². The SMILES string of the molecule is Cc1cccc(Oc2c(F)cc(C#N)cc2F)c1F. The van der Waals surface area contributed by atoms with Gasteiger partial charge in [0, 0.05) is 0 Å². The molecule has 0 bridgehead atoms. The second-order valence-electron chi connectivity index (χ2n) is 3.87. The molecule has 2 aromatic rings. The molecule has 0 fully saturated rings. The molecule has 5 heteroatoms. The minimum absolute atomic E-state index is 0.174. The first-order chi connectivity index (χ1) is 9.02. The highest BCUT2D eigenvalue weighted by atomic mass is 19.1. The molecular formula is C14H8F3NO. The van der Waals surface area contributed by atoms with Crippen molar-refractivity contribution in [1.82, 2.24) is 0 Å². The van der Waals surface area contributed by atoms with E-state index < -0.39 is 23.2 Å². The molecule has 2 nitrogen and oxygen atoms in total. The van der Waals surface area contributed by atoms with Crippen LogP contribution in [0, 0.1) is 35.7 Å². The van der Waals surface area contributed by atoms with Gasteiger partial charge in [-0.05, 0) is 30.7 Å². The van der Waals surface area contributed by atoms with Crippen molar-refractivity contribution in [3.05, 3.63) is 58.9 Å². The van der Waals surface area contributed by atoms with Crippen LogP contribution in [0.15, 0.2) is 30.3 Å². The van der Waals surface area contributed by atoms with Crippen molar-refractivity contribution < 1.29 is 17.9 Å². The Kier molecular flexibility index (Phi) is 3.43. The monoisotopic (exact) mass is 263 g/mol. The number of aryl methyl sites for hydroxylation is 1. The average molecular weight is 263 g/mol. The van der Waals surface area contributed by atoms with Crippen LogP contribution in [-0.2, 0) is 0 Å². The van der Waals surface area contributed by atoms with Gasteiger partial charge in [-0.2, -0.15) is 5.26 Å². The smallest absolute Gasteiger partial charge is 0.198 e. The van der Waals surface area contributed by atoms with E-state index >= 15 is 0 Å². The number of halogens is 3. The molecule has 19 heavy (non-hydrogen) atoms. The van der Waals surface area contributed by atoms with E-state index in [-0.39, 0.29) is 11.3 Å². The quantitative estimate of drug-likeness (QED) is 0.818. The summed E-state index contributed by atoms with van der Waals surface area (Å²) in [6.07, 6.45) is 0. The van der Waals surface area contributed by atoms with Crippen LogP contribution in [0.3, 0.4) is 0 Å². The van der Waals surface area contributed by atoms with Gasteiger partial charge >= 0.3 is 0 Å². The molecule has 0 radical (unpaired) electrons. The Morgan fingerprint density at radius 3 is 2.32 bits per heavy atom. The summed E-state index contributed by atoms with van der Waals surface area (Å²) in [7, 11) is 0. The fraction of sp³-hybridized carbons (Fsp3) is 0.0714. The first-order valence-electron chi connectivity index (χ1n) is 5.35. The Labute approximate surface area is 107 Å². The molecule has 0 saturated heterocycles. The lowest BCUT2D eigenvalue weighted by atomic mass is 10.2. The van der Waals surface area contributed by atoms with E-state index in [1.54, 1.807) is 6.07 Å². The van der Waals surface area contributed by atoms with E-state index in [1.165, 1.54) is 25.1 Å². The molecule has 0 aliphatic heterocycles. The van der Waals surface area contributed by atoms with Gasteiger partial charge in [-0.25, -0.2) is 13.2 Å². The maximum atomic E-state index is 13.7. The third-order valence-corrected chi connectivity index (χ3v) is 2.50. The topological polar surface area (TPSA) is 33.0 Å². The van der Waals surface area contributed by atoms with Crippen LogP contribution in [0.4, 0.5) is 13.2 Å². The number of nitriles is 1. The summed E-state index contributed by atoms with van der Waals surface area (Å²) in [5.41, 5.74) is 0.124. The summed E-state index contributed by atoms with van der Waals surface area (Å²) < 4.78 is 45.7. The Morgan fingerprint density at radius 2 is 1.74 bits per heavy atom. The lowest BCUT2D eigenvalue weighted by molar-refractivity contribution is 0.386. The number of nitrogens with zero attached hydrogens (tertiary/aromatic N) is 1. The van der Waals surface area contributed by atoms with Crippen molar-refractivity contribution in [3.8, 4) is 17.6 Å². The Hall–Kier alpha value is -2.48. The maximum absolute atomic E-state index is 13.7. The summed E-state index contributed by atoms with van der Waals surface area (Å²) in [5, 5.41) is 8.56. The van der Waals surface area contributed by atoms with Gasteiger partial charge in [-0.15, -0.1) is 0 Å². The molecule has 0 unspecified atom stereocenters. The minimum atomic E-state index is -1.06. The zero-order valence-electron chi connectivity index (χ0n) is 9.88. The lowest BCUT2D eigenvalue weighted by Crippen LogP contribution is -1.97. The molecule has 0 N–H and O–H groups in total. The van der Waals surface area contributed by atoms with Gasteiger partial charge in [0.15, 0.2) is 29.0 Å². The van der Waals surface area contributed by atoms with Crippen molar-refractivity contribution in [2.24, 2.45) is 0 Å². The summed E-state index contributed by atoms with van der Waals surface area (Å²) in [5.74, 6) is -3.81. The molecule has 2 rings (SSSR count). The summed E-state index contributed by atoms with van der Waals surface area (Å²) in [6.45, 7) is 1.51. The molecular weight excluding hydrogens is 255 g/mol. The van der Waals surface area contributed by atoms with E-state index in [0.29, 0.717) is 5.56 Å². The lowest BCUT2D eigenvalue weighted by Gasteiger charge is -2.10. The molecule has 0 heterocycles. The van der Waals surface area contributed by atoms with Gasteiger partial charge < -0.3 is 4.74 Å². The second kappa shape index (κ2) is 5.02. The minimum Gasteiger partial charge on any atom is -0.448 e. The largest absolute Gasteiger partial charge is 0.448 e. The summed E-state index contributed by atoms with van der Waals surface area (Å²) in [4.78, 5) is 0. The van der Waals surface area contributed by atoms with Crippen molar-refractivity contribution >= 4 is 0 Å². The third kappa shape index (κ3) is 2.52. The molecule has 0 aliphatic rings. The van der Waals surface area contributed by atoms with Crippen LogP contribution in [-0.4, -0.2) is 0 Å². The van der Waals surface area contributed by atoms with E-state index in [1.807, 2.05) is 0 Å². The van der Waals surface area contributed by atoms with Crippen molar-refractivity contribution in [1.29, 1.82) is 5.26 Å². The van der Waals surface area contributed by atoms with Gasteiger partial charge in [0.2, 0.25) is 0 Å². The summed E-state index contributed by atoms with van der Waals surface area (Å²) in [6, 6.07) is 7.54. The van der Waals surface area contributed by atoms with Crippen molar-refractivity contribution in [2.75, 3.05) is 0 Å². The Balaban J connectivity index is 2.45. The molecule has 0 saturated carbocycles. The highest BCUT2D eigenvalue weighted by molar-refractivity contribution is 5.41. The maximum Gasteiger partial charge on any atom is 0.198 e. The van der Waals surface area contributed by atoms with Gasteiger partial charge in [0.05, 0.1) is 11.6 Å².